The second kappa shape index (κ2) is 6.80. The summed E-state index contributed by atoms with van der Waals surface area (Å²) >= 11 is 0. The van der Waals surface area contributed by atoms with E-state index in [1.807, 2.05) is 25.7 Å². The highest BCUT2D eigenvalue weighted by Crippen LogP contribution is 2.28. The van der Waals surface area contributed by atoms with Crippen LogP contribution in [0.15, 0.2) is 0 Å². The molecule has 122 valence electrons. The van der Waals surface area contributed by atoms with Crippen molar-refractivity contribution in [3.8, 4) is 0 Å². The van der Waals surface area contributed by atoms with E-state index in [0.717, 1.165) is 12.8 Å². The molecule has 1 aliphatic rings. The highest BCUT2D eigenvalue weighted by molar-refractivity contribution is 5.97. The van der Waals surface area contributed by atoms with E-state index in [2.05, 4.69) is 33.0 Å². The van der Waals surface area contributed by atoms with Crippen molar-refractivity contribution in [1.29, 1.82) is 0 Å². The fraction of sp³-hybridized carbons (Fsp3) is 0.882. The Bertz CT molecular complexity index is 385. The minimum Gasteiger partial charge on any atom is -0.342 e. The normalized spacial score (nSPS) is 25.2. The smallest absolute Gasteiger partial charge is 0.246 e. The van der Waals surface area contributed by atoms with Gasteiger partial charge < -0.3 is 10.2 Å². The van der Waals surface area contributed by atoms with Gasteiger partial charge in [-0.25, -0.2) is 0 Å². The van der Waals surface area contributed by atoms with Gasteiger partial charge >= 0.3 is 0 Å². The van der Waals surface area contributed by atoms with Crippen LogP contribution in [-0.2, 0) is 9.59 Å². The lowest BCUT2D eigenvalue weighted by Gasteiger charge is -2.44. The maximum Gasteiger partial charge on any atom is 0.246 e. The van der Waals surface area contributed by atoms with Gasteiger partial charge in [0.05, 0.1) is 0 Å². The summed E-state index contributed by atoms with van der Waals surface area (Å²) in [6, 6.07) is -0.734. The van der Waals surface area contributed by atoms with Crippen molar-refractivity contribution in [3.05, 3.63) is 0 Å². The van der Waals surface area contributed by atoms with Crippen LogP contribution in [0.25, 0.3) is 0 Å². The molecule has 21 heavy (non-hydrogen) atoms. The van der Waals surface area contributed by atoms with E-state index in [-0.39, 0.29) is 23.3 Å². The van der Waals surface area contributed by atoms with Crippen molar-refractivity contribution in [2.45, 2.75) is 73.4 Å². The highest BCUT2D eigenvalue weighted by atomic mass is 16.2. The zero-order chi connectivity index (χ0) is 16.4. The van der Waals surface area contributed by atoms with Gasteiger partial charge in [-0.15, -0.1) is 0 Å². The molecule has 1 aliphatic heterocycles. The largest absolute Gasteiger partial charge is 0.342 e. The molecule has 0 bridgehead atoms. The van der Waals surface area contributed by atoms with Crippen LogP contribution in [0.3, 0.4) is 0 Å². The highest BCUT2D eigenvalue weighted by Gasteiger charge is 2.45. The van der Waals surface area contributed by atoms with Crippen LogP contribution in [0.2, 0.25) is 0 Å². The summed E-state index contributed by atoms with van der Waals surface area (Å²) in [6.07, 6.45) is 1.74. The molecule has 1 N–H and O–H groups in total. The molecule has 1 heterocycles. The van der Waals surface area contributed by atoms with Gasteiger partial charge in [0.15, 0.2) is 0 Å². The quantitative estimate of drug-likeness (QED) is 0.848. The molecule has 0 radical (unpaired) electrons. The molecule has 4 nitrogen and oxygen atoms in total. The summed E-state index contributed by atoms with van der Waals surface area (Å²) in [7, 11) is 0. The maximum atomic E-state index is 12.9. The summed E-state index contributed by atoms with van der Waals surface area (Å²) in [4.78, 5) is 27.2. The Morgan fingerprint density at radius 3 is 2.19 bits per heavy atom. The lowest BCUT2D eigenvalue weighted by atomic mass is 9.83. The van der Waals surface area contributed by atoms with Crippen molar-refractivity contribution in [1.82, 2.24) is 10.2 Å². The topological polar surface area (TPSA) is 49.4 Å². The first-order valence-electron chi connectivity index (χ1n) is 8.18. The molecule has 1 saturated heterocycles. The minimum atomic E-state index is -0.419. The van der Waals surface area contributed by atoms with Crippen LogP contribution in [0, 0.1) is 17.3 Å². The molecule has 0 aromatic carbocycles. The zero-order valence-corrected chi connectivity index (χ0v) is 14.7. The summed E-state index contributed by atoms with van der Waals surface area (Å²) in [5.74, 6) is 0.883. The van der Waals surface area contributed by atoms with Gasteiger partial charge in [-0.3, -0.25) is 9.59 Å². The first-order chi connectivity index (χ1) is 9.57. The average Bonchev–Trinajstić information content (AvgIpc) is 2.35. The van der Waals surface area contributed by atoms with Crippen LogP contribution in [0.4, 0.5) is 0 Å². The third kappa shape index (κ3) is 4.45. The molecule has 0 aromatic rings. The lowest BCUT2D eigenvalue weighted by molar-refractivity contribution is -0.153. The molecular formula is C17H32N2O2. The molecule has 0 spiro atoms. The van der Waals surface area contributed by atoms with Crippen LogP contribution >= 0.6 is 0 Å². The number of piperazine rings is 1. The molecular weight excluding hydrogens is 264 g/mol. The van der Waals surface area contributed by atoms with E-state index in [1.54, 1.807) is 0 Å². The Morgan fingerprint density at radius 1 is 1.19 bits per heavy atom. The van der Waals surface area contributed by atoms with Gasteiger partial charge in [-0.1, -0.05) is 54.9 Å². The predicted octanol–water partition coefficient (Wildman–Crippen LogP) is 2.82. The molecule has 3 atom stereocenters. The second-order valence-electron chi connectivity index (χ2n) is 7.96. The fourth-order valence-electron chi connectivity index (χ4n) is 2.71. The van der Waals surface area contributed by atoms with Crippen molar-refractivity contribution >= 4 is 11.8 Å². The summed E-state index contributed by atoms with van der Waals surface area (Å²) in [6.45, 7) is 15.1. The maximum absolute atomic E-state index is 12.9. The van der Waals surface area contributed by atoms with E-state index in [0.29, 0.717) is 18.4 Å². The Hall–Kier alpha value is -1.06. The van der Waals surface area contributed by atoms with Crippen molar-refractivity contribution < 1.29 is 9.59 Å². The van der Waals surface area contributed by atoms with Crippen LogP contribution in [0.5, 0.6) is 0 Å². The van der Waals surface area contributed by atoms with Gasteiger partial charge in [0.2, 0.25) is 11.8 Å². The molecule has 0 saturated carbocycles. The van der Waals surface area contributed by atoms with Gasteiger partial charge in [0.1, 0.15) is 12.1 Å². The van der Waals surface area contributed by atoms with E-state index in [1.165, 1.54) is 0 Å². The van der Waals surface area contributed by atoms with Gasteiger partial charge in [-0.05, 0) is 23.7 Å². The zero-order valence-electron chi connectivity index (χ0n) is 14.7. The van der Waals surface area contributed by atoms with Gasteiger partial charge in [0, 0.05) is 6.54 Å². The van der Waals surface area contributed by atoms with Crippen LogP contribution in [-0.4, -0.2) is 35.3 Å². The molecule has 3 unspecified atom stereocenters. The molecule has 0 aromatic heterocycles. The first kappa shape index (κ1) is 18.0. The number of rotatable bonds is 5. The summed E-state index contributed by atoms with van der Waals surface area (Å²) < 4.78 is 0. The third-order valence-corrected chi connectivity index (χ3v) is 4.26. The van der Waals surface area contributed by atoms with E-state index < -0.39 is 6.04 Å². The SMILES string of the molecule is CCC(C)CN1C(=O)C(C(C)(C)C)NC(=O)C1CC(C)C. The Labute approximate surface area is 129 Å². The number of carbonyl (C=O) groups is 2. The standard InChI is InChI=1S/C17H32N2O2/c1-8-12(4)10-19-13(9-11(2)3)15(20)18-14(16(19)21)17(5,6)7/h11-14H,8-10H2,1-7H3,(H,18,20). The number of nitrogens with zero attached hydrogens (tertiary/aromatic N) is 1. The van der Waals surface area contributed by atoms with E-state index >= 15 is 0 Å². The second-order valence-corrected chi connectivity index (χ2v) is 7.96. The van der Waals surface area contributed by atoms with Crippen molar-refractivity contribution in [2.24, 2.45) is 17.3 Å². The van der Waals surface area contributed by atoms with Crippen LogP contribution in [0.1, 0.15) is 61.3 Å². The monoisotopic (exact) mass is 296 g/mol. The summed E-state index contributed by atoms with van der Waals surface area (Å²) in [5.41, 5.74) is -0.261. The van der Waals surface area contributed by atoms with Crippen molar-refractivity contribution in [3.63, 3.8) is 0 Å². The number of nitrogens with one attached hydrogen (secondary N) is 1. The molecule has 0 aliphatic carbocycles. The number of hydrogen-bond acceptors (Lipinski definition) is 2. The Kier molecular flexibility index (Phi) is 5.83. The molecule has 1 fully saturated rings. The minimum absolute atomic E-state index is 0.00604. The average molecular weight is 296 g/mol. The Morgan fingerprint density at radius 2 is 1.76 bits per heavy atom. The predicted molar refractivity (Wildman–Crippen MR) is 85.8 cm³/mol. The van der Waals surface area contributed by atoms with E-state index in [4.69, 9.17) is 0 Å². The number of carbonyl (C=O) groups excluding carboxylic acids is 2. The lowest BCUT2D eigenvalue weighted by Crippen LogP contribution is -2.67. The van der Waals surface area contributed by atoms with Crippen molar-refractivity contribution in [2.75, 3.05) is 6.54 Å². The Balaban J connectivity index is 3.04. The molecule has 1 rings (SSSR count). The summed E-state index contributed by atoms with van der Waals surface area (Å²) in [5, 5.41) is 2.95. The first-order valence-corrected chi connectivity index (χ1v) is 8.18. The van der Waals surface area contributed by atoms with Gasteiger partial charge in [-0.2, -0.15) is 0 Å². The van der Waals surface area contributed by atoms with Crippen LogP contribution < -0.4 is 5.32 Å². The number of hydrogen-bond donors (Lipinski definition) is 1. The third-order valence-electron chi connectivity index (χ3n) is 4.26. The molecule has 4 heteroatoms. The fourth-order valence-corrected chi connectivity index (χ4v) is 2.71. The number of amides is 2. The molecule has 2 amide bonds. The van der Waals surface area contributed by atoms with E-state index in [9.17, 15) is 9.59 Å². The van der Waals surface area contributed by atoms with Gasteiger partial charge in [0.25, 0.3) is 0 Å².